The molecule has 1 aliphatic rings. The monoisotopic (exact) mass is 357 g/mol. The number of nitrogens with zero attached hydrogens (tertiary/aromatic N) is 3. The molecule has 0 bridgehead atoms. The molecule has 0 amide bonds. The summed E-state index contributed by atoms with van der Waals surface area (Å²) in [5.41, 5.74) is 2.52. The summed E-state index contributed by atoms with van der Waals surface area (Å²) in [5, 5.41) is 6.75. The Labute approximate surface area is 140 Å². The summed E-state index contributed by atoms with van der Waals surface area (Å²) in [5.74, 6) is 0. The summed E-state index contributed by atoms with van der Waals surface area (Å²) in [6, 6.07) is 18.9. The van der Waals surface area contributed by atoms with Gasteiger partial charge in [-0.05, 0) is 23.3 Å². The van der Waals surface area contributed by atoms with Gasteiger partial charge in [-0.25, -0.2) is 0 Å². The third kappa shape index (κ3) is 4.42. The van der Waals surface area contributed by atoms with Crippen LogP contribution in [0.4, 0.5) is 0 Å². The van der Waals surface area contributed by atoms with E-state index in [9.17, 15) is 0 Å². The Hall–Kier alpha value is -1.65. The minimum Gasteiger partial charge on any atom is -0.295 e. The molecule has 0 aliphatic carbocycles. The van der Waals surface area contributed by atoms with Crippen LogP contribution in [0.5, 0.6) is 0 Å². The molecule has 0 saturated carbocycles. The fourth-order valence-electron chi connectivity index (χ4n) is 2.55. The van der Waals surface area contributed by atoms with E-state index in [0.29, 0.717) is 0 Å². The van der Waals surface area contributed by atoms with Gasteiger partial charge >= 0.3 is 0 Å². The zero-order chi connectivity index (χ0) is 15.2. The predicted molar refractivity (Wildman–Crippen MR) is 95.0 cm³/mol. The molecule has 2 aromatic carbocycles. The van der Waals surface area contributed by atoms with Gasteiger partial charge in [0.25, 0.3) is 0 Å². The van der Waals surface area contributed by atoms with Crippen LogP contribution >= 0.6 is 15.9 Å². The summed E-state index contributed by atoms with van der Waals surface area (Å²) < 4.78 is 1.10. The largest absolute Gasteiger partial charge is 0.295 e. The summed E-state index contributed by atoms with van der Waals surface area (Å²) in [6.45, 7) is 5.13. The van der Waals surface area contributed by atoms with E-state index in [1.165, 1.54) is 5.56 Å². The van der Waals surface area contributed by atoms with Crippen LogP contribution in [0.2, 0.25) is 0 Å². The number of hydrogen-bond acceptors (Lipinski definition) is 3. The van der Waals surface area contributed by atoms with Crippen molar-refractivity contribution in [2.75, 3.05) is 26.2 Å². The lowest BCUT2D eigenvalue weighted by atomic mass is 10.2. The SMILES string of the molecule is Brc1ccc(/C=N\N2CCN(Cc3ccccc3)CC2)cc1. The Kier molecular flexibility index (Phi) is 5.24. The number of benzene rings is 2. The van der Waals surface area contributed by atoms with Crippen LogP contribution in [0.1, 0.15) is 11.1 Å². The summed E-state index contributed by atoms with van der Waals surface area (Å²) >= 11 is 3.45. The number of rotatable bonds is 4. The van der Waals surface area contributed by atoms with Crippen molar-refractivity contribution in [2.24, 2.45) is 5.10 Å². The average molecular weight is 358 g/mol. The number of hydrogen-bond donors (Lipinski definition) is 0. The van der Waals surface area contributed by atoms with Crippen molar-refractivity contribution in [1.29, 1.82) is 0 Å². The Morgan fingerprint density at radius 3 is 2.27 bits per heavy atom. The van der Waals surface area contributed by atoms with Crippen LogP contribution in [-0.4, -0.2) is 42.3 Å². The van der Waals surface area contributed by atoms with E-state index in [-0.39, 0.29) is 0 Å². The number of piperazine rings is 1. The van der Waals surface area contributed by atoms with E-state index in [2.05, 4.69) is 73.4 Å². The molecule has 22 heavy (non-hydrogen) atoms. The lowest BCUT2D eigenvalue weighted by Gasteiger charge is -2.33. The lowest BCUT2D eigenvalue weighted by Crippen LogP contribution is -2.43. The molecule has 3 rings (SSSR count). The van der Waals surface area contributed by atoms with Gasteiger partial charge in [-0.1, -0.05) is 58.4 Å². The molecule has 0 aromatic heterocycles. The van der Waals surface area contributed by atoms with Crippen molar-refractivity contribution < 1.29 is 0 Å². The highest BCUT2D eigenvalue weighted by molar-refractivity contribution is 9.10. The van der Waals surface area contributed by atoms with Crippen LogP contribution in [0.25, 0.3) is 0 Å². The van der Waals surface area contributed by atoms with Gasteiger partial charge in [0, 0.05) is 37.2 Å². The lowest BCUT2D eigenvalue weighted by molar-refractivity contribution is 0.131. The molecular formula is C18H20BrN3. The van der Waals surface area contributed by atoms with Crippen molar-refractivity contribution >= 4 is 22.1 Å². The van der Waals surface area contributed by atoms with Gasteiger partial charge in [-0.2, -0.15) is 5.10 Å². The quantitative estimate of drug-likeness (QED) is 0.778. The smallest absolute Gasteiger partial charge is 0.0542 e. The zero-order valence-corrected chi connectivity index (χ0v) is 14.1. The third-order valence-corrected chi connectivity index (χ3v) is 4.37. The molecule has 1 heterocycles. The first-order chi connectivity index (χ1) is 10.8. The van der Waals surface area contributed by atoms with E-state index in [1.54, 1.807) is 0 Å². The first-order valence-corrected chi connectivity index (χ1v) is 8.40. The fraction of sp³-hybridized carbons (Fsp3) is 0.278. The molecule has 1 saturated heterocycles. The van der Waals surface area contributed by atoms with Gasteiger partial charge in [0.15, 0.2) is 0 Å². The van der Waals surface area contributed by atoms with Crippen molar-refractivity contribution in [1.82, 2.24) is 9.91 Å². The fourth-order valence-corrected chi connectivity index (χ4v) is 2.81. The topological polar surface area (TPSA) is 18.8 Å². The molecule has 114 valence electrons. The van der Waals surface area contributed by atoms with Crippen LogP contribution in [0.15, 0.2) is 64.2 Å². The molecule has 4 heteroatoms. The minimum absolute atomic E-state index is 0.986. The number of halogens is 1. The van der Waals surface area contributed by atoms with E-state index < -0.39 is 0 Å². The maximum Gasteiger partial charge on any atom is 0.0542 e. The van der Waals surface area contributed by atoms with Gasteiger partial charge in [-0.3, -0.25) is 9.91 Å². The van der Waals surface area contributed by atoms with Crippen molar-refractivity contribution in [2.45, 2.75) is 6.54 Å². The second-order valence-electron chi connectivity index (χ2n) is 5.51. The van der Waals surface area contributed by atoms with E-state index >= 15 is 0 Å². The Morgan fingerprint density at radius 1 is 0.909 bits per heavy atom. The van der Waals surface area contributed by atoms with Gasteiger partial charge in [0.05, 0.1) is 6.21 Å². The summed E-state index contributed by atoms with van der Waals surface area (Å²) in [7, 11) is 0. The van der Waals surface area contributed by atoms with Crippen molar-refractivity contribution in [3.63, 3.8) is 0 Å². The van der Waals surface area contributed by atoms with Gasteiger partial charge in [0.2, 0.25) is 0 Å². The Morgan fingerprint density at radius 2 is 1.59 bits per heavy atom. The Balaban J connectivity index is 1.48. The van der Waals surface area contributed by atoms with E-state index in [1.807, 2.05) is 18.3 Å². The predicted octanol–water partition coefficient (Wildman–Crippen LogP) is 3.60. The normalized spacial score (nSPS) is 16.3. The molecule has 0 radical (unpaired) electrons. The Bertz CT molecular complexity index is 602. The van der Waals surface area contributed by atoms with Crippen LogP contribution < -0.4 is 0 Å². The second kappa shape index (κ2) is 7.56. The van der Waals surface area contributed by atoms with Crippen molar-refractivity contribution in [3.8, 4) is 0 Å². The van der Waals surface area contributed by atoms with Gasteiger partial charge < -0.3 is 0 Å². The summed E-state index contributed by atoms with van der Waals surface area (Å²) in [4.78, 5) is 2.49. The maximum atomic E-state index is 4.59. The second-order valence-corrected chi connectivity index (χ2v) is 6.43. The van der Waals surface area contributed by atoms with Crippen LogP contribution in [0.3, 0.4) is 0 Å². The highest BCUT2D eigenvalue weighted by Gasteiger charge is 2.15. The molecule has 3 nitrogen and oxygen atoms in total. The molecule has 1 fully saturated rings. The first-order valence-electron chi connectivity index (χ1n) is 7.60. The molecule has 0 unspecified atom stereocenters. The minimum atomic E-state index is 0.986. The van der Waals surface area contributed by atoms with Crippen molar-refractivity contribution in [3.05, 3.63) is 70.2 Å². The molecule has 0 N–H and O–H groups in total. The highest BCUT2D eigenvalue weighted by Crippen LogP contribution is 2.11. The molecule has 1 aliphatic heterocycles. The molecular weight excluding hydrogens is 338 g/mol. The molecule has 0 atom stereocenters. The molecule has 0 spiro atoms. The van der Waals surface area contributed by atoms with Crippen LogP contribution in [0, 0.1) is 0 Å². The highest BCUT2D eigenvalue weighted by atomic mass is 79.9. The molecule has 2 aromatic rings. The van der Waals surface area contributed by atoms with Crippen LogP contribution in [-0.2, 0) is 6.54 Å². The standard InChI is InChI=1S/C18H20BrN3/c19-18-8-6-16(7-9-18)14-20-22-12-10-21(11-13-22)15-17-4-2-1-3-5-17/h1-9,14H,10-13,15H2/b20-14-. The van der Waals surface area contributed by atoms with E-state index in [4.69, 9.17) is 0 Å². The average Bonchev–Trinajstić information content (AvgIpc) is 2.57. The number of hydrazone groups is 1. The van der Waals surface area contributed by atoms with Gasteiger partial charge in [0.1, 0.15) is 0 Å². The van der Waals surface area contributed by atoms with Gasteiger partial charge in [-0.15, -0.1) is 0 Å². The third-order valence-electron chi connectivity index (χ3n) is 3.84. The zero-order valence-electron chi connectivity index (χ0n) is 12.5. The van der Waals surface area contributed by atoms with E-state index in [0.717, 1.165) is 42.8 Å². The first kappa shape index (κ1) is 15.3. The maximum absolute atomic E-state index is 4.59. The summed E-state index contributed by atoms with van der Waals surface area (Å²) in [6.07, 6.45) is 1.94.